The average Bonchev–Trinajstić information content (AvgIpc) is 2.35. The van der Waals surface area contributed by atoms with Gasteiger partial charge in [-0.25, -0.2) is 0 Å². The van der Waals surface area contributed by atoms with Crippen LogP contribution in [0.5, 0.6) is 0 Å². The highest BCUT2D eigenvalue weighted by atomic mass is 16.4. The van der Waals surface area contributed by atoms with Crippen molar-refractivity contribution in [3.8, 4) is 0 Å². The molecule has 0 aromatic rings. The molecule has 0 aliphatic heterocycles. The highest BCUT2D eigenvalue weighted by molar-refractivity contribution is 4.98. The van der Waals surface area contributed by atoms with Crippen molar-refractivity contribution in [3.63, 3.8) is 0 Å². The predicted octanol–water partition coefficient (Wildman–Crippen LogP) is -3.20. The van der Waals surface area contributed by atoms with Crippen LogP contribution >= 0.6 is 0 Å². The van der Waals surface area contributed by atoms with E-state index in [0.717, 1.165) is 0 Å². The molecular weight excluding hydrogens is 192 g/mol. The summed E-state index contributed by atoms with van der Waals surface area (Å²) in [6.45, 7) is -0.484. The zero-order valence-electron chi connectivity index (χ0n) is 7.56. The summed E-state index contributed by atoms with van der Waals surface area (Å²) in [4.78, 5) is 0. The second-order valence-corrected chi connectivity index (χ2v) is 3.70. The second kappa shape index (κ2) is 4.52. The Hall–Kier alpha value is -0.240. The van der Waals surface area contributed by atoms with Crippen molar-refractivity contribution in [1.82, 2.24) is 0 Å². The zero-order chi connectivity index (χ0) is 10.9. The largest absolute Gasteiger partial charge is 0.394 e. The first-order valence-corrected chi connectivity index (χ1v) is 4.50. The molecule has 1 unspecified atom stereocenters. The first-order valence-electron chi connectivity index (χ1n) is 4.50. The maximum atomic E-state index is 9.38. The van der Waals surface area contributed by atoms with Gasteiger partial charge in [0.05, 0.1) is 24.9 Å². The Labute approximate surface area is 81.1 Å². The van der Waals surface area contributed by atoms with Gasteiger partial charge in [0.25, 0.3) is 0 Å². The third kappa shape index (κ3) is 2.05. The Bertz CT molecular complexity index is 173. The maximum Gasteiger partial charge on any atom is 0.109 e. The molecule has 0 aromatic heterocycles. The second-order valence-electron chi connectivity index (χ2n) is 3.70. The summed E-state index contributed by atoms with van der Waals surface area (Å²) >= 11 is 0. The number of aliphatic hydroxyl groups excluding tert-OH is 6. The Balaban J connectivity index is 2.60. The van der Waals surface area contributed by atoms with E-state index >= 15 is 0 Å². The predicted molar refractivity (Wildman–Crippen MR) is 45.2 cm³/mol. The lowest BCUT2D eigenvalue weighted by molar-refractivity contribution is -0.0413. The van der Waals surface area contributed by atoms with Crippen molar-refractivity contribution in [2.45, 2.75) is 36.9 Å². The van der Waals surface area contributed by atoms with Crippen LogP contribution < -0.4 is 0 Å². The Morgan fingerprint density at radius 1 is 0.857 bits per heavy atom. The van der Waals surface area contributed by atoms with Crippen LogP contribution in [0.3, 0.4) is 0 Å². The van der Waals surface area contributed by atoms with E-state index in [1.54, 1.807) is 0 Å². The number of hydrogen-bond acceptors (Lipinski definition) is 6. The minimum absolute atomic E-state index is 0.0625. The number of aliphatic hydroxyl groups is 6. The van der Waals surface area contributed by atoms with Crippen LogP contribution in [-0.4, -0.2) is 67.8 Å². The molecule has 1 aliphatic rings. The Morgan fingerprint density at radius 3 is 1.64 bits per heavy atom. The summed E-state index contributed by atoms with van der Waals surface area (Å²) < 4.78 is 0. The summed E-state index contributed by atoms with van der Waals surface area (Å²) in [7, 11) is 0. The van der Waals surface area contributed by atoms with E-state index in [-0.39, 0.29) is 6.42 Å². The van der Waals surface area contributed by atoms with Gasteiger partial charge in [-0.1, -0.05) is 0 Å². The van der Waals surface area contributed by atoms with Gasteiger partial charge in [0.15, 0.2) is 0 Å². The molecule has 1 saturated carbocycles. The molecule has 6 atom stereocenters. The topological polar surface area (TPSA) is 121 Å². The van der Waals surface area contributed by atoms with Crippen molar-refractivity contribution >= 4 is 0 Å². The summed E-state index contributed by atoms with van der Waals surface area (Å²) in [5.74, 6) is -0.817. The minimum Gasteiger partial charge on any atom is -0.394 e. The molecule has 6 nitrogen and oxygen atoms in total. The van der Waals surface area contributed by atoms with Gasteiger partial charge in [-0.15, -0.1) is 0 Å². The first kappa shape index (κ1) is 11.8. The molecule has 14 heavy (non-hydrogen) atoms. The van der Waals surface area contributed by atoms with E-state index in [4.69, 9.17) is 10.2 Å². The molecule has 1 rings (SSSR count). The molecule has 0 heterocycles. The van der Waals surface area contributed by atoms with Crippen LogP contribution in [0, 0.1) is 5.92 Å². The van der Waals surface area contributed by atoms with E-state index in [2.05, 4.69) is 0 Å². The lowest BCUT2D eigenvalue weighted by Crippen LogP contribution is -2.32. The third-order valence-electron chi connectivity index (χ3n) is 2.68. The average molecular weight is 208 g/mol. The van der Waals surface area contributed by atoms with Gasteiger partial charge in [-0.05, 0) is 6.42 Å². The molecule has 1 fully saturated rings. The zero-order valence-corrected chi connectivity index (χ0v) is 7.56. The van der Waals surface area contributed by atoms with Gasteiger partial charge in [-0.2, -0.15) is 0 Å². The van der Waals surface area contributed by atoms with Gasteiger partial charge in [0.2, 0.25) is 0 Å². The SMILES string of the molecule is OCC(O)C[C@@H]1[C@H](O)[C@@H](O)[C@@H](O)[C@@H]1O. The molecule has 0 saturated heterocycles. The summed E-state index contributed by atoms with van der Waals surface area (Å²) in [5.41, 5.74) is 0. The molecule has 84 valence electrons. The molecule has 0 radical (unpaired) electrons. The summed E-state index contributed by atoms with van der Waals surface area (Å²) in [6, 6.07) is 0. The highest BCUT2D eigenvalue weighted by Crippen LogP contribution is 2.30. The Morgan fingerprint density at radius 2 is 1.29 bits per heavy atom. The van der Waals surface area contributed by atoms with Gasteiger partial charge in [-0.3, -0.25) is 0 Å². The van der Waals surface area contributed by atoms with Crippen LogP contribution in [0.25, 0.3) is 0 Å². The van der Waals surface area contributed by atoms with Crippen molar-refractivity contribution in [3.05, 3.63) is 0 Å². The van der Waals surface area contributed by atoms with Crippen molar-refractivity contribution in [1.29, 1.82) is 0 Å². The molecule has 1 aliphatic carbocycles. The summed E-state index contributed by atoms with van der Waals surface area (Å²) in [5, 5.41) is 54.8. The first-order chi connectivity index (χ1) is 6.49. The lowest BCUT2D eigenvalue weighted by Gasteiger charge is -2.20. The van der Waals surface area contributed by atoms with Gasteiger partial charge in [0, 0.05) is 5.92 Å². The number of hydrogen-bond donors (Lipinski definition) is 6. The van der Waals surface area contributed by atoms with Crippen molar-refractivity contribution in [2.75, 3.05) is 6.61 Å². The van der Waals surface area contributed by atoms with E-state index in [1.807, 2.05) is 0 Å². The van der Waals surface area contributed by atoms with Crippen molar-refractivity contribution in [2.24, 2.45) is 5.92 Å². The summed E-state index contributed by atoms with van der Waals surface area (Å²) in [6.07, 6.45) is -6.49. The quantitative estimate of drug-likeness (QED) is 0.290. The van der Waals surface area contributed by atoms with Crippen LogP contribution in [0.4, 0.5) is 0 Å². The monoisotopic (exact) mass is 208 g/mol. The standard InChI is InChI=1S/C8H16O6/c9-2-3(10)1-4-5(11)7(13)8(14)6(4)12/h3-14H,1-2H2/t3?,4-,5+,6-,7-,8+. The van der Waals surface area contributed by atoms with Crippen molar-refractivity contribution < 1.29 is 30.6 Å². The number of rotatable bonds is 3. The van der Waals surface area contributed by atoms with E-state index in [0.29, 0.717) is 0 Å². The molecular formula is C8H16O6. The molecule has 0 spiro atoms. The van der Waals surface area contributed by atoms with E-state index in [1.165, 1.54) is 0 Å². The molecule has 0 bridgehead atoms. The van der Waals surface area contributed by atoms with E-state index in [9.17, 15) is 20.4 Å². The smallest absolute Gasteiger partial charge is 0.109 e. The van der Waals surface area contributed by atoms with Crippen LogP contribution in [0.2, 0.25) is 0 Å². The van der Waals surface area contributed by atoms with Gasteiger partial charge < -0.3 is 30.6 Å². The van der Waals surface area contributed by atoms with Gasteiger partial charge >= 0.3 is 0 Å². The lowest BCUT2D eigenvalue weighted by atomic mass is 9.96. The highest BCUT2D eigenvalue weighted by Gasteiger charge is 2.48. The molecule has 0 aromatic carbocycles. The fraction of sp³-hybridized carbons (Fsp3) is 1.00. The van der Waals surface area contributed by atoms with E-state index < -0.39 is 43.0 Å². The molecule has 6 heteroatoms. The third-order valence-corrected chi connectivity index (χ3v) is 2.68. The normalized spacial score (nSPS) is 45.4. The van der Waals surface area contributed by atoms with Crippen LogP contribution in [0.1, 0.15) is 6.42 Å². The fourth-order valence-corrected chi connectivity index (χ4v) is 1.78. The van der Waals surface area contributed by atoms with Crippen LogP contribution in [0.15, 0.2) is 0 Å². The Kier molecular flexibility index (Phi) is 3.82. The maximum absolute atomic E-state index is 9.38. The molecule has 0 amide bonds. The van der Waals surface area contributed by atoms with Gasteiger partial charge in [0.1, 0.15) is 12.2 Å². The molecule has 6 N–H and O–H groups in total. The fourth-order valence-electron chi connectivity index (χ4n) is 1.78. The van der Waals surface area contributed by atoms with Crippen LogP contribution in [-0.2, 0) is 0 Å². The minimum atomic E-state index is -1.40.